The highest BCUT2D eigenvalue weighted by molar-refractivity contribution is 6.00. The number of fused-ring (bicyclic) bond motifs is 1. The highest BCUT2D eigenvalue weighted by atomic mass is 16.2. The molecule has 0 saturated heterocycles. The highest BCUT2D eigenvalue weighted by Crippen LogP contribution is 2.30. The first-order valence-corrected chi connectivity index (χ1v) is 7.28. The van der Waals surface area contributed by atoms with Crippen molar-refractivity contribution in [3.05, 3.63) is 29.3 Å². The molecule has 1 unspecified atom stereocenters. The van der Waals surface area contributed by atoms with Gasteiger partial charge in [0.2, 0.25) is 5.91 Å². The lowest BCUT2D eigenvalue weighted by atomic mass is 9.98. The minimum absolute atomic E-state index is 0.100. The Morgan fingerprint density at radius 2 is 2.11 bits per heavy atom. The van der Waals surface area contributed by atoms with Crippen LogP contribution in [0.4, 0.5) is 5.69 Å². The summed E-state index contributed by atoms with van der Waals surface area (Å²) in [4.78, 5) is 13.4. The number of nitrogens with zero attached hydrogens (tertiary/aromatic N) is 1. The summed E-state index contributed by atoms with van der Waals surface area (Å²) in [6.07, 6.45) is 6.53. The van der Waals surface area contributed by atoms with Crippen molar-refractivity contribution in [2.75, 3.05) is 11.9 Å². The van der Waals surface area contributed by atoms with Crippen LogP contribution >= 0.6 is 0 Å². The van der Waals surface area contributed by atoms with E-state index in [0.29, 0.717) is 6.42 Å². The van der Waals surface area contributed by atoms with E-state index in [2.05, 4.69) is 19.1 Å². The second-order valence-electron chi connectivity index (χ2n) is 5.47. The summed E-state index contributed by atoms with van der Waals surface area (Å²) >= 11 is 0. The Hall–Kier alpha value is -1.35. The predicted molar refractivity (Wildman–Crippen MR) is 79.2 cm³/mol. The maximum Gasteiger partial charge on any atom is 0.231 e. The van der Waals surface area contributed by atoms with Crippen molar-refractivity contribution < 1.29 is 4.79 Å². The fourth-order valence-corrected chi connectivity index (χ4v) is 2.68. The number of hydrogen-bond acceptors (Lipinski definition) is 2. The summed E-state index contributed by atoms with van der Waals surface area (Å²) in [5, 5.41) is 0. The van der Waals surface area contributed by atoms with Gasteiger partial charge in [-0.15, -0.1) is 0 Å². The Bertz CT molecular complexity index is 456. The SMILES string of the molecule is CCCCCCC(N)c1ccc2c(c1)CC(=O)N2C. The summed E-state index contributed by atoms with van der Waals surface area (Å²) in [7, 11) is 1.83. The quantitative estimate of drug-likeness (QED) is 0.798. The van der Waals surface area contributed by atoms with Gasteiger partial charge in [0.05, 0.1) is 6.42 Å². The van der Waals surface area contributed by atoms with Gasteiger partial charge in [0.1, 0.15) is 0 Å². The molecule has 2 N–H and O–H groups in total. The normalized spacial score (nSPS) is 15.7. The molecule has 1 aromatic rings. The van der Waals surface area contributed by atoms with Crippen molar-refractivity contribution in [2.45, 2.75) is 51.5 Å². The molecule has 3 nitrogen and oxygen atoms in total. The van der Waals surface area contributed by atoms with Gasteiger partial charge in [0.15, 0.2) is 0 Å². The Morgan fingerprint density at radius 3 is 2.84 bits per heavy atom. The second kappa shape index (κ2) is 6.20. The summed E-state index contributed by atoms with van der Waals surface area (Å²) in [6, 6.07) is 6.31. The van der Waals surface area contributed by atoms with Crippen LogP contribution in [0.25, 0.3) is 0 Å². The van der Waals surface area contributed by atoms with Gasteiger partial charge in [-0.25, -0.2) is 0 Å². The number of anilines is 1. The molecule has 0 spiro atoms. The molecule has 1 aliphatic rings. The third kappa shape index (κ3) is 3.16. The molecule has 0 radical (unpaired) electrons. The van der Waals surface area contributed by atoms with E-state index in [1.165, 1.54) is 31.2 Å². The summed E-state index contributed by atoms with van der Waals surface area (Å²) < 4.78 is 0. The minimum atomic E-state index is 0.100. The lowest BCUT2D eigenvalue weighted by Crippen LogP contribution is -2.20. The van der Waals surface area contributed by atoms with Crippen molar-refractivity contribution in [2.24, 2.45) is 5.73 Å². The van der Waals surface area contributed by atoms with Crippen molar-refractivity contribution in [1.82, 2.24) is 0 Å². The monoisotopic (exact) mass is 260 g/mol. The number of carbonyl (C=O) groups is 1. The summed E-state index contributed by atoms with van der Waals surface area (Å²) in [5.74, 6) is 0.170. The molecular formula is C16H24N2O. The van der Waals surface area contributed by atoms with Gasteiger partial charge >= 0.3 is 0 Å². The lowest BCUT2D eigenvalue weighted by molar-refractivity contribution is -0.117. The van der Waals surface area contributed by atoms with E-state index in [-0.39, 0.29) is 11.9 Å². The molecular weight excluding hydrogens is 236 g/mol. The fraction of sp³-hybridized carbons (Fsp3) is 0.562. The predicted octanol–water partition coefficient (Wildman–Crippen LogP) is 3.18. The Balaban J connectivity index is 1.99. The van der Waals surface area contributed by atoms with E-state index in [0.717, 1.165) is 17.7 Å². The van der Waals surface area contributed by atoms with Crippen LogP contribution in [-0.4, -0.2) is 13.0 Å². The third-order valence-electron chi connectivity index (χ3n) is 3.98. The average molecular weight is 260 g/mol. The van der Waals surface area contributed by atoms with Gasteiger partial charge in [-0.3, -0.25) is 4.79 Å². The van der Waals surface area contributed by atoms with E-state index in [9.17, 15) is 4.79 Å². The van der Waals surface area contributed by atoms with Crippen LogP contribution < -0.4 is 10.6 Å². The first-order valence-electron chi connectivity index (χ1n) is 7.28. The number of rotatable bonds is 6. The van der Waals surface area contributed by atoms with Crippen molar-refractivity contribution in [1.29, 1.82) is 0 Å². The van der Waals surface area contributed by atoms with Gasteiger partial charge in [0, 0.05) is 18.8 Å². The van der Waals surface area contributed by atoms with Crippen LogP contribution in [0.15, 0.2) is 18.2 Å². The third-order valence-corrected chi connectivity index (χ3v) is 3.98. The molecule has 0 fully saturated rings. The zero-order valence-corrected chi connectivity index (χ0v) is 12.0. The van der Waals surface area contributed by atoms with Gasteiger partial charge < -0.3 is 10.6 Å². The molecule has 1 amide bonds. The maximum atomic E-state index is 11.7. The van der Waals surface area contributed by atoms with Crippen molar-refractivity contribution in [3.63, 3.8) is 0 Å². The van der Waals surface area contributed by atoms with E-state index in [1.54, 1.807) is 4.90 Å². The number of carbonyl (C=O) groups excluding carboxylic acids is 1. The number of likely N-dealkylation sites (N-methyl/N-ethyl adjacent to an activating group) is 1. The zero-order chi connectivity index (χ0) is 13.8. The van der Waals surface area contributed by atoms with E-state index >= 15 is 0 Å². The zero-order valence-electron chi connectivity index (χ0n) is 12.0. The van der Waals surface area contributed by atoms with Crippen LogP contribution in [-0.2, 0) is 11.2 Å². The number of amides is 1. The van der Waals surface area contributed by atoms with Crippen molar-refractivity contribution >= 4 is 11.6 Å². The summed E-state index contributed by atoms with van der Waals surface area (Å²) in [5.41, 5.74) is 9.56. The van der Waals surface area contributed by atoms with E-state index < -0.39 is 0 Å². The van der Waals surface area contributed by atoms with Gasteiger partial charge in [-0.1, -0.05) is 44.7 Å². The smallest absolute Gasteiger partial charge is 0.231 e. The molecule has 104 valence electrons. The largest absolute Gasteiger partial charge is 0.324 e. The van der Waals surface area contributed by atoms with Crippen LogP contribution in [0.3, 0.4) is 0 Å². The Labute approximate surface area is 115 Å². The fourth-order valence-electron chi connectivity index (χ4n) is 2.68. The molecule has 3 heteroatoms. The molecule has 19 heavy (non-hydrogen) atoms. The first-order chi connectivity index (χ1) is 9.13. The molecule has 1 heterocycles. The molecule has 1 atom stereocenters. The van der Waals surface area contributed by atoms with E-state index in [1.807, 2.05) is 13.1 Å². The van der Waals surface area contributed by atoms with Crippen LogP contribution in [0.1, 0.15) is 56.2 Å². The van der Waals surface area contributed by atoms with Gasteiger partial charge in [0.25, 0.3) is 0 Å². The molecule has 0 saturated carbocycles. The van der Waals surface area contributed by atoms with Gasteiger partial charge in [-0.2, -0.15) is 0 Å². The highest BCUT2D eigenvalue weighted by Gasteiger charge is 2.24. The van der Waals surface area contributed by atoms with Crippen LogP contribution in [0.5, 0.6) is 0 Å². The molecule has 1 aliphatic heterocycles. The average Bonchev–Trinajstić information content (AvgIpc) is 2.69. The maximum absolute atomic E-state index is 11.7. The Morgan fingerprint density at radius 1 is 1.32 bits per heavy atom. The first kappa shape index (κ1) is 14.1. The standard InChI is InChI=1S/C16H24N2O/c1-3-4-5-6-7-14(17)12-8-9-15-13(10-12)11-16(19)18(15)2/h8-10,14H,3-7,11,17H2,1-2H3. The molecule has 1 aromatic carbocycles. The topological polar surface area (TPSA) is 46.3 Å². The molecule has 0 aliphatic carbocycles. The van der Waals surface area contributed by atoms with E-state index in [4.69, 9.17) is 5.73 Å². The number of nitrogens with two attached hydrogens (primary N) is 1. The van der Waals surface area contributed by atoms with Crippen LogP contribution in [0.2, 0.25) is 0 Å². The lowest BCUT2D eigenvalue weighted by Gasteiger charge is -2.14. The molecule has 0 aromatic heterocycles. The summed E-state index contributed by atoms with van der Waals surface area (Å²) in [6.45, 7) is 2.22. The van der Waals surface area contributed by atoms with Crippen LogP contribution in [0, 0.1) is 0 Å². The van der Waals surface area contributed by atoms with Gasteiger partial charge in [-0.05, 0) is 23.6 Å². The Kier molecular flexibility index (Phi) is 4.59. The molecule has 0 bridgehead atoms. The number of hydrogen-bond donors (Lipinski definition) is 1. The minimum Gasteiger partial charge on any atom is -0.324 e. The van der Waals surface area contributed by atoms with Crippen molar-refractivity contribution in [3.8, 4) is 0 Å². The number of unbranched alkanes of at least 4 members (excludes halogenated alkanes) is 3. The second-order valence-corrected chi connectivity index (χ2v) is 5.47. The number of benzene rings is 1. The molecule has 2 rings (SSSR count).